The third kappa shape index (κ3) is 2.67. The average molecular weight is 303 g/mol. The molecule has 0 radical (unpaired) electrons. The molecule has 0 aliphatic carbocycles. The second-order valence-electron chi connectivity index (χ2n) is 4.85. The lowest BCUT2D eigenvalue weighted by Gasteiger charge is -2.05. The summed E-state index contributed by atoms with van der Waals surface area (Å²) < 4.78 is 7.09. The van der Waals surface area contributed by atoms with Crippen LogP contribution in [0.3, 0.4) is 0 Å². The van der Waals surface area contributed by atoms with Crippen molar-refractivity contribution in [2.75, 3.05) is 6.54 Å². The molecule has 0 aliphatic rings. The Kier molecular flexibility index (Phi) is 3.71. The predicted octanol–water partition coefficient (Wildman–Crippen LogP) is 3.40. The molecule has 0 bridgehead atoms. The van der Waals surface area contributed by atoms with Crippen LogP contribution in [0.5, 0.6) is 0 Å². The summed E-state index contributed by atoms with van der Waals surface area (Å²) in [6.07, 6.45) is 2.30. The van der Waals surface area contributed by atoms with E-state index in [2.05, 4.69) is 5.32 Å². The molecule has 2 aromatic heterocycles. The molecule has 1 aromatic carbocycles. The van der Waals surface area contributed by atoms with Crippen LogP contribution in [0.4, 0.5) is 0 Å². The molecule has 0 aliphatic heterocycles. The molecule has 21 heavy (non-hydrogen) atoms. The highest BCUT2D eigenvalue weighted by atomic mass is 35.5. The highest BCUT2D eigenvalue weighted by molar-refractivity contribution is 6.35. The zero-order valence-corrected chi connectivity index (χ0v) is 12.4. The number of benzene rings is 1. The number of hydrogen-bond acceptors (Lipinski definition) is 2. The lowest BCUT2D eigenvalue weighted by Crippen LogP contribution is -2.27. The van der Waals surface area contributed by atoms with Gasteiger partial charge in [0, 0.05) is 35.9 Å². The first-order chi connectivity index (χ1) is 10.2. The van der Waals surface area contributed by atoms with Crippen LogP contribution in [0.25, 0.3) is 10.9 Å². The number of furan rings is 1. The van der Waals surface area contributed by atoms with Gasteiger partial charge in [0.25, 0.3) is 5.91 Å². The summed E-state index contributed by atoms with van der Waals surface area (Å²) in [7, 11) is 1.86. The van der Waals surface area contributed by atoms with Gasteiger partial charge in [0.05, 0.1) is 6.26 Å². The summed E-state index contributed by atoms with van der Waals surface area (Å²) in [5.41, 5.74) is 1.54. The smallest absolute Gasteiger partial charge is 0.267 e. The Labute approximate surface area is 127 Å². The summed E-state index contributed by atoms with van der Waals surface area (Å²) in [6.45, 7) is 0.529. The van der Waals surface area contributed by atoms with Gasteiger partial charge in [-0.3, -0.25) is 4.79 Å². The van der Waals surface area contributed by atoms with E-state index >= 15 is 0 Å². The Morgan fingerprint density at radius 1 is 1.33 bits per heavy atom. The molecule has 108 valence electrons. The fourth-order valence-corrected chi connectivity index (χ4v) is 2.61. The van der Waals surface area contributed by atoms with Crippen LogP contribution in [-0.4, -0.2) is 17.0 Å². The van der Waals surface area contributed by atoms with Crippen molar-refractivity contribution < 1.29 is 9.21 Å². The van der Waals surface area contributed by atoms with Crippen LogP contribution in [0.1, 0.15) is 16.2 Å². The number of fused-ring (bicyclic) bond motifs is 1. The zero-order valence-electron chi connectivity index (χ0n) is 11.6. The van der Waals surface area contributed by atoms with Gasteiger partial charge in [0.2, 0.25) is 0 Å². The SMILES string of the molecule is Cn1c(C(=O)NCCc2ccco2)cc2c(Cl)cccc21. The van der Waals surface area contributed by atoms with E-state index in [0.717, 1.165) is 16.7 Å². The summed E-state index contributed by atoms with van der Waals surface area (Å²) in [5, 5.41) is 4.43. The average Bonchev–Trinajstić information content (AvgIpc) is 3.08. The van der Waals surface area contributed by atoms with Crippen molar-refractivity contribution >= 4 is 28.4 Å². The largest absolute Gasteiger partial charge is 0.469 e. The summed E-state index contributed by atoms with van der Waals surface area (Å²) in [4.78, 5) is 12.3. The van der Waals surface area contributed by atoms with Gasteiger partial charge in [-0.25, -0.2) is 0 Å². The summed E-state index contributed by atoms with van der Waals surface area (Å²) in [6, 6.07) is 11.2. The van der Waals surface area contributed by atoms with Gasteiger partial charge < -0.3 is 14.3 Å². The molecule has 0 atom stereocenters. The maximum Gasteiger partial charge on any atom is 0.267 e. The monoisotopic (exact) mass is 302 g/mol. The summed E-state index contributed by atoms with van der Waals surface area (Å²) in [5.74, 6) is 0.742. The molecule has 3 aromatic rings. The number of carbonyl (C=O) groups excluding carboxylic acids is 1. The number of rotatable bonds is 4. The third-order valence-electron chi connectivity index (χ3n) is 3.50. The number of hydrogen-bond donors (Lipinski definition) is 1. The topological polar surface area (TPSA) is 47.2 Å². The maximum atomic E-state index is 12.3. The molecule has 0 spiro atoms. The number of halogens is 1. The first kappa shape index (κ1) is 13.8. The molecule has 2 heterocycles. The maximum absolute atomic E-state index is 12.3. The quantitative estimate of drug-likeness (QED) is 0.803. The van der Waals surface area contributed by atoms with E-state index in [0.29, 0.717) is 23.7 Å². The highest BCUT2D eigenvalue weighted by Crippen LogP contribution is 2.26. The van der Waals surface area contributed by atoms with Gasteiger partial charge >= 0.3 is 0 Å². The van der Waals surface area contributed by atoms with Crippen molar-refractivity contribution in [2.24, 2.45) is 7.05 Å². The molecule has 0 saturated heterocycles. The van der Waals surface area contributed by atoms with Crippen molar-refractivity contribution in [1.29, 1.82) is 0 Å². The van der Waals surface area contributed by atoms with Crippen LogP contribution in [0.2, 0.25) is 5.02 Å². The lowest BCUT2D eigenvalue weighted by atomic mass is 10.2. The minimum absolute atomic E-state index is 0.115. The standard InChI is InChI=1S/C16H15ClN2O2/c1-19-14-6-2-5-13(17)12(14)10-15(19)16(20)18-8-7-11-4-3-9-21-11/h2-6,9-10H,7-8H2,1H3,(H,18,20). The minimum atomic E-state index is -0.115. The van der Waals surface area contributed by atoms with E-state index < -0.39 is 0 Å². The van der Waals surface area contributed by atoms with E-state index in [1.54, 1.807) is 6.26 Å². The number of aromatic nitrogens is 1. The van der Waals surface area contributed by atoms with E-state index in [9.17, 15) is 4.79 Å². The number of carbonyl (C=O) groups is 1. The van der Waals surface area contributed by atoms with Gasteiger partial charge in [0.1, 0.15) is 11.5 Å². The molecule has 4 nitrogen and oxygen atoms in total. The Balaban J connectivity index is 1.75. The fraction of sp³-hybridized carbons (Fsp3) is 0.188. The Bertz CT molecular complexity index is 775. The molecular weight excluding hydrogens is 288 g/mol. The summed E-state index contributed by atoms with van der Waals surface area (Å²) >= 11 is 6.16. The van der Waals surface area contributed by atoms with Crippen molar-refractivity contribution in [3.63, 3.8) is 0 Å². The molecule has 5 heteroatoms. The van der Waals surface area contributed by atoms with Gasteiger partial charge in [-0.05, 0) is 30.3 Å². The molecule has 1 N–H and O–H groups in total. The second-order valence-corrected chi connectivity index (χ2v) is 5.25. The molecule has 0 saturated carbocycles. The fourth-order valence-electron chi connectivity index (χ4n) is 2.39. The van der Waals surface area contributed by atoms with Crippen LogP contribution < -0.4 is 5.32 Å². The first-order valence-corrected chi connectivity index (χ1v) is 7.09. The first-order valence-electron chi connectivity index (χ1n) is 6.71. The lowest BCUT2D eigenvalue weighted by molar-refractivity contribution is 0.0946. The molecule has 1 amide bonds. The van der Waals surface area contributed by atoms with Crippen molar-refractivity contribution in [3.8, 4) is 0 Å². The van der Waals surface area contributed by atoms with E-state index in [1.165, 1.54) is 0 Å². The second kappa shape index (κ2) is 5.66. The molecular formula is C16H15ClN2O2. The number of nitrogens with one attached hydrogen (secondary N) is 1. The number of nitrogens with zero attached hydrogens (tertiary/aromatic N) is 1. The molecule has 3 rings (SSSR count). The Hall–Kier alpha value is -2.20. The Morgan fingerprint density at radius 3 is 2.90 bits per heavy atom. The van der Waals surface area contributed by atoms with E-state index in [4.69, 9.17) is 16.0 Å². The minimum Gasteiger partial charge on any atom is -0.469 e. The van der Waals surface area contributed by atoms with Crippen molar-refractivity contribution in [3.05, 3.63) is 59.1 Å². The number of aryl methyl sites for hydroxylation is 1. The predicted molar refractivity (Wildman–Crippen MR) is 82.7 cm³/mol. The van der Waals surface area contributed by atoms with Crippen LogP contribution in [0.15, 0.2) is 47.1 Å². The van der Waals surface area contributed by atoms with Gasteiger partial charge in [-0.1, -0.05) is 17.7 Å². The van der Waals surface area contributed by atoms with Gasteiger partial charge in [0.15, 0.2) is 0 Å². The highest BCUT2D eigenvalue weighted by Gasteiger charge is 2.14. The molecule has 0 unspecified atom stereocenters. The van der Waals surface area contributed by atoms with E-state index in [1.807, 2.05) is 48.0 Å². The zero-order chi connectivity index (χ0) is 14.8. The third-order valence-corrected chi connectivity index (χ3v) is 3.83. The molecule has 0 fully saturated rings. The Morgan fingerprint density at radius 2 is 2.19 bits per heavy atom. The van der Waals surface area contributed by atoms with E-state index in [-0.39, 0.29) is 5.91 Å². The normalized spacial score (nSPS) is 11.0. The van der Waals surface area contributed by atoms with Gasteiger partial charge in [-0.15, -0.1) is 0 Å². The van der Waals surface area contributed by atoms with Crippen molar-refractivity contribution in [2.45, 2.75) is 6.42 Å². The van der Waals surface area contributed by atoms with Crippen molar-refractivity contribution in [1.82, 2.24) is 9.88 Å². The number of amides is 1. The van der Waals surface area contributed by atoms with Gasteiger partial charge in [-0.2, -0.15) is 0 Å². The van der Waals surface area contributed by atoms with Crippen LogP contribution in [0, 0.1) is 0 Å². The van der Waals surface area contributed by atoms with Crippen LogP contribution >= 0.6 is 11.6 Å². The van der Waals surface area contributed by atoms with Crippen LogP contribution in [-0.2, 0) is 13.5 Å².